The smallest absolute Gasteiger partial charge is 0.253 e. The van der Waals surface area contributed by atoms with Crippen LogP contribution in [0.3, 0.4) is 0 Å². The van der Waals surface area contributed by atoms with Crippen LogP contribution in [0, 0.1) is 0 Å². The summed E-state index contributed by atoms with van der Waals surface area (Å²) in [6.07, 6.45) is 6.21. The maximum Gasteiger partial charge on any atom is 0.253 e. The van der Waals surface area contributed by atoms with E-state index in [1.807, 2.05) is 17.0 Å². The first-order valence-corrected chi connectivity index (χ1v) is 14.5. The van der Waals surface area contributed by atoms with E-state index in [2.05, 4.69) is 57.0 Å². The Morgan fingerprint density at radius 2 is 1.72 bits per heavy atom. The number of likely N-dealkylation sites (tertiary alicyclic amines) is 1. The molecule has 2 heterocycles. The van der Waals surface area contributed by atoms with Crippen molar-refractivity contribution in [2.24, 2.45) is 4.99 Å². The van der Waals surface area contributed by atoms with Crippen LogP contribution in [-0.4, -0.2) is 74.4 Å². The number of unbranched alkanes of at least 4 members (excludes halogenated alkanes) is 2. The highest BCUT2D eigenvalue weighted by molar-refractivity contribution is 6.15. The topological polar surface area (TPSA) is 54.4 Å². The van der Waals surface area contributed by atoms with Gasteiger partial charge in [-0.05, 0) is 69.1 Å². The molecule has 2 aliphatic rings. The first kappa shape index (κ1) is 31.0. The van der Waals surface area contributed by atoms with Gasteiger partial charge < -0.3 is 19.3 Å². The zero-order valence-corrected chi connectivity index (χ0v) is 25.2. The molecule has 39 heavy (non-hydrogen) atoms. The lowest BCUT2D eigenvalue weighted by atomic mass is 9.79. The Morgan fingerprint density at radius 3 is 2.33 bits per heavy atom. The average molecular weight is 556 g/mol. The van der Waals surface area contributed by atoms with Crippen molar-refractivity contribution in [2.75, 3.05) is 46.9 Å². The maximum atomic E-state index is 13.3. The van der Waals surface area contributed by atoms with Crippen molar-refractivity contribution < 1.29 is 14.3 Å². The second-order valence-corrected chi connectivity index (χ2v) is 10.7. The maximum absolute atomic E-state index is 13.3. The molecular weight excluding hydrogens is 510 g/mol. The lowest BCUT2D eigenvalue weighted by Gasteiger charge is -2.39. The van der Waals surface area contributed by atoms with Gasteiger partial charge in [0.05, 0.1) is 25.5 Å². The summed E-state index contributed by atoms with van der Waals surface area (Å²) in [4.78, 5) is 23.0. The van der Waals surface area contributed by atoms with Crippen LogP contribution in [0.2, 0.25) is 0 Å². The highest BCUT2D eigenvalue weighted by Gasteiger charge is 2.36. The zero-order chi connectivity index (χ0) is 27.1. The molecule has 2 aliphatic heterocycles. The number of carbonyl (C=O) groups excluding carboxylic acids is 1. The summed E-state index contributed by atoms with van der Waals surface area (Å²) in [5.41, 5.74) is 5.16. The number of ether oxygens (including phenoxy) is 2. The van der Waals surface area contributed by atoms with E-state index in [1.165, 1.54) is 5.56 Å². The lowest BCUT2D eigenvalue weighted by Crippen LogP contribution is -2.41. The molecule has 1 fully saturated rings. The Labute approximate surface area is 241 Å². The highest BCUT2D eigenvalue weighted by atomic mass is 35.5. The summed E-state index contributed by atoms with van der Waals surface area (Å²) in [5, 5.41) is 0. The third-order valence-electron chi connectivity index (χ3n) is 7.78. The van der Waals surface area contributed by atoms with E-state index in [0.717, 1.165) is 98.6 Å². The van der Waals surface area contributed by atoms with Gasteiger partial charge in [-0.2, -0.15) is 0 Å². The minimum Gasteiger partial charge on any atom is -0.493 e. The van der Waals surface area contributed by atoms with Gasteiger partial charge in [-0.25, -0.2) is 0 Å². The molecule has 2 atom stereocenters. The molecule has 0 bridgehead atoms. The van der Waals surface area contributed by atoms with Crippen LogP contribution in [0.25, 0.3) is 0 Å². The zero-order valence-electron chi connectivity index (χ0n) is 24.4. The van der Waals surface area contributed by atoms with Gasteiger partial charge in [0.15, 0.2) is 11.5 Å². The Hall–Kier alpha value is -2.57. The van der Waals surface area contributed by atoms with E-state index >= 15 is 0 Å². The molecule has 0 N–H and O–H groups in total. The summed E-state index contributed by atoms with van der Waals surface area (Å²) >= 11 is 0. The van der Waals surface area contributed by atoms with Crippen molar-refractivity contribution >= 4 is 24.0 Å². The van der Waals surface area contributed by atoms with E-state index in [4.69, 9.17) is 14.5 Å². The van der Waals surface area contributed by atoms with Crippen molar-refractivity contribution in [1.82, 2.24) is 9.80 Å². The summed E-state index contributed by atoms with van der Waals surface area (Å²) in [7, 11) is 3.88. The number of nitrogens with zero attached hydrogens (tertiary/aromatic N) is 3. The Bertz CT molecular complexity index is 1110. The largest absolute Gasteiger partial charge is 0.493 e. The van der Waals surface area contributed by atoms with Crippen LogP contribution in [0.4, 0.5) is 0 Å². The number of carbonyl (C=O) groups is 1. The second kappa shape index (κ2) is 14.7. The molecule has 0 saturated carbocycles. The predicted octanol–water partition coefficient (Wildman–Crippen LogP) is 6.59. The van der Waals surface area contributed by atoms with Gasteiger partial charge >= 0.3 is 0 Å². The quantitative estimate of drug-likeness (QED) is 0.296. The second-order valence-electron chi connectivity index (χ2n) is 10.7. The van der Waals surface area contributed by atoms with Gasteiger partial charge in [0.1, 0.15) is 0 Å². The summed E-state index contributed by atoms with van der Waals surface area (Å²) in [6.45, 7) is 10.8. The van der Waals surface area contributed by atoms with Gasteiger partial charge in [-0.15, -0.1) is 12.4 Å². The van der Waals surface area contributed by atoms with E-state index in [-0.39, 0.29) is 24.4 Å². The molecule has 214 valence electrons. The van der Waals surface area contributed by atoms with Crippen LogP contribution >= 0.6 is 12.4 Å². The standard InChI is InChI=1S/C32H45N3O3.ClH/c1-6-9-16-35(17-10-7-2)32(36)24-13-11-23(12-14-24)31-26-21-29(37-5)30(38-19-8-3)20-25(26)27-22-34(4)18-15-28(27)33-31;/h11-14,20-21,27-28H,6-10,15-19,22H2,1-5H3;1H/t27-,28-;/m0./s1. The van der Waals surface area contributed by atoms with Crippen LogP contribution in [0.5, 0.6) is 11.5 Å². The van der Waals surface area contributed by atoms with E-state index < -0.39 is 0 Å². The Balaban J connectivity index is 0.00000420. The third-order valence-corrected chi connectivity index (χ3v) is 7.78. The fourth-order valence-corrected chi connectivity index (χ4v) is 5.57. The number of amides is 1. The minimum atomic E-state index is 0. The van der Waals surface area contributed by atoms with Crippen molar-refractivity contribution in [2.45, 2.75) is 71.3 Å². The molecular formula is C32H46ClN3O3. The third kappa shape index (κ3) is 7.15. The number of aliphatic imine (C=N–C) groups is 1. The minimum absolute atomic E-state index is 0. The van der Waals surface area contributed by atoms with Gasteiger partial charge in [0.2, 0.25) is 0 Å². The molecule has 0 aliphatic carbocycles. The number of halogens is 1. The first-order valence-electron chi connectivity index (χ1n) is 14.5. The van der Waals surface area contributed by atoms with E-state index in [0.29, 0.717) is 12.5 Å². The number of hydrogen-bond donors (Lipinski definition) is 0. The number of methoxy groups -OCH3 is 1. The lowest BCUT2D eigenvalue weighted by molar-refractivity contribution is 0.0751. The van der Waals surface area contributed by atoms with Crippen LogP contribution < -0.4 is 9.47 Å². The van der Waals surface area contributed by atoms with Crippen molar-refractivity contribution in [1.29, 1.82) is 0 Å². The van der Waals surface area contributed by atoms with Crippen LogP contribution in [-0.2, 0) is 0 Å². The van der Waals surface area contributed by atoms with Gasteiger partial charge in [-0.3, -0.25) is 9.79 Å². The molecule has 2 aromatic carbocycles. The molecule has 0 radical (unpaired) electrons. The number of hydrogen-bond acceptors (Lipinski definition) is 5. The Morgan fingerprint density at radius 1 is 1.03 bits per heavy atom. The molecule has 0 spiro atoms. The van der Waals surface area contributed by atoms with Gasteiger partial charge in [0.25, 0.3) is 5.91 Å². The fraction of sp³-hybridized carbons (Fsp3) is 0.562. The van der Waals surface area contributed by atoms with Crippen LogP contribution in [0.15, 0.2) is 41.4 Å². The molecule has 6 nitrogen and oxygen atoms in total. The van der Waals surface area contributed by atoms with Gasteiger partial charge in [0, 0.05) is 42.2 Å². The van der Waals surface area contributed by atoms with Crippen molar-refractivity contribution in [3.8, 4) is 11.5 Å². The number of fused-ring (bicyclic) bond motifs is 3. The molecule has 0 aromatic heterocycles. The summed E-state index contributed by atoms with van der Waals surface area (Å²) in [5.74, 6) is 2.00. The molecule has 1 saturated heterocycles. The SMILES string of the molecule is CCCCN(CCCC)C(=O)c1ccc(C2=N[C@H]3CCN(C)C[C@H]3c3cc(OCCC)c(OC)cc32)cc1.Cl. The van der Waals surface area contributed by atoms with Crippen molar-refractivity contribution in [3.05, 3.63) is 58.7 Å². The number of rotatable bonds is 12. The Kier molecular flexibility index (Phi) is 11.7. The van der Waals surface area contributed by atoms with E-state index in [9.17, 15) is 4.79 Å². The average Bonchev–Trinajstić information content (AvgIpc) is 2.95. The molecule has 1 amide bonds. The summed E-state index contributed by atoms with van der Waals surface area (Å²) in [6, 6.07) is 12.6. The number of piperidine rings is 1. The molecule has 0 unspecified atom stereocenters. The number of likely N-dealkylation sites (N-methyl/N-ethyl adjacent to an activating group) is 1. The molecule has 2 aromatic rings. The highest BCUT2D eigenvalue weighted by Crippen LogP contribution is 2.42. The first-order chi connectivity index (χ1) is 18.5. The monoisotopic (exact) mass is 555 g/mol. The summed E-state index contributed by atoms with van der Waals surface area (Å²) < 4.78 is 11.8. The number of benzene rings is 2. The fourth-order valence-electron chi connectivity index (χ4n) is 5.57. The molecule has 4 rings (SSSR count). The van der Waals surface area contributed by atoms with Crippen molar-refractivity contribution in [3.63, 3.8) is 0 Å². The van der Waals surface area contributed by atoms with Crippen LogP contribution in [0.1, 0.15) is 92.3 Å². The predicted molar refractivity (Wildman–Crippen MR) is 162 cm³/mol. The normalized spacial score (nSPS) is 18.3. The van der Waals surface area contributed by atoms with Gasteiger partial charge in [-0.1, -0.05) is 45.7 Å². The molecule has 7 heteroatoms. The van der Waals surface area contributed by atoms with E-state index in [1.54, 1.807) is 7.11 Å².